The van der Waals surface area contributed by atoms with Gasteiger partial charge in [-0.15, -0.1) is 11.3 Å². The summed E-state index contributed by atoms with van der Waals surface area (Å²) in [4.78, 5) is 5.13. The predicted molar refractivity (Wildman–Crippen MR) is 59.8 cm³/mol. The molecular weight excluding hydrogens is 214 g/mol. The molecule has 0 aliphatic carbocycles. The monoisotopic (exact) mass is 225 g/mol. The Morgan fingerprint density at radius 3 is 3.00 bits per heavy atom. The van der Waals surface area contributed by atoms with E-state index in [2.05, 4.69) is 16.4 Å². The van der Waals surface area contributed by atoms with Crippen LogP contribution in [0.1, 0.15) is 10.4 Å². The van der Waals surface area contributed by atoms with E-state index in [0.29, 0.717) is 6.42 Å². The van der Waals surface area contributed by atoms with Gasteiger partial charge in [-0.05, 0) is 28.8 Å². The molecule has 0 aliphatic rings. The van der Waals surface area contributed by atoms with Gasteiger partial charge in [0, 0.05) is 17.5 Å². The highest BCUT2D eigenvalue weighted by Gasteiger charge is 2.07. The van der Waals surface area contributed by atoms with Gasteiger partial charge in [0.1, 0.15) is 0 Å². The maximum absolute atomic E-state index is 9.78. The van der Waals surface area contributed by atoms with Crippen LogP contribution >= 0.6 is 22.7 Å². The van der Waals surface area contributed by atoms with E-state index >= 15 is 0 Å². The van der Waals surface area contributed by atoms with Crippen LogP contribution in [0.3, 0.4) is 0 Å². The van der Waals surface area contributed by atoms with Crippen LogP contribution in [0, 0.1) is 0 Å². The number of aromatic nitrogens is 1. The van der Waals surface area contributed by atoms with Crippen molar-refractivity contribution < 1.29 is 5.11 Å². The van der Waals surface area contributed by atoms with Crippen LogP contribution in [-0.4, -0.2) is 16.2 Å². The van der Waals surface area contributed by atoms with Crippen molar-refractivity contribution in [3.63, 3.8) is 0 Å². The van der Waals surface area contributed by atoms with Crippen LogP contribution in [0.2, 0.25) is 0 Å². The third-order valence-corrected chi connectivity index (χ3v) is 3.51. The topological polar surface area (TPSA) is 33.1 Å². The number of thiazole rings is 1. The lowest BCUT2D eigenvalue weighted by Crippen LogP contribution is -2.12. The third-order valence-electron chi connectivity index (χ3n) is 1.97. The number of nitrogens with zero attached hydrogens (tertiary/aromatic N) is 1. The van der Waals surface area contributed by atoms with Gasteiger partial charge in [-0.3, -0.25) is 4.98 Å². The van der Waals surface area contributed by atoms with E-state index in [0.717, 1.165) is 11.3 Å². The molecule has 2 rings (SSSR count). The van der Waals surface area contributed by atoms with E-state index in [1.807, 2.05) is 11.6 Å². The van der Waals surface area contributed by atoms with Gasteiger partial charge in [0.15, 0.2) is 0 Å². The van der Waals surface area contributed by atoms with E-state index in [9.17, 15) is 5.11 Å². The Hall–Kier alpha value is -0.710. The molecule has 2 aromatic rings. The number of hydrogen-bond donors (Lipinski definition) is 1. The number of rotatable bonds is 4. The van der Waals surface area contributed by atoms with Crippen molar-refractivity contribution in [3.8, 4) is 0 Å². The van der Waals surface area contributed by atoms with Gasteiger partial charge in [-0.2, -0.15) is 11.3 Å². The number of thiophene rings is 1. The summed E-state index contributed by atoms with van der Waals surface area (Å²) in [5.74, 6) is 0. The minimum atomic E-state index is -0.287. The highest BCUT2D eigenvalue weighted by Crippen LogP contribution is 2.13. The van der Waals surface area contributed by atoms with Crippen molar-refractivity contribution in [2.75, 3.05) is 0 Å². The Balaban J connectivity index is 1.88. The first-order valence-electron chi connectivity index (χ1n) is 4.41. The smallest absolute Gasteiger partial charge is 0.0794 e. The third kappa shape index (κ3) is 2.64. The molecule has 0 spiro atoms. The minimum Gasteiger partial charge on any atom is -0.392 e. The fourth-order valence-electron chi connectivity index (χ4n) is 1.33. The number of aliphatic hydroxyl groups is 1. The van der Waals surface area contributed by atoms with Gasteiger partial charge in [0.25, 0.3) is 0 Å². The second-order valence-electron chi connectivity index (χ2n) is 3.16. The lowest BCUT2D eigenvalue weighted by atomic mass is 10.1. The van der Waals surface area contributed by atoms with Crippen molar-refractivity contribution in [1.29, 1.82) is 0 Å². The molecule has 2 heterocycles. The summed E-state index contributed by atoms with van der Waals surface area (Å²) in [6, 6.07) is 2.06. The molecule has 2 aromatic heterocycles. The van der Waals surface area contributed by atoms with Crippen molar-refractivity contribution >= 4 is 22.7 Å². The van der Waals surface area contributed by atoms with E-state index in [1.54, 1.807) is 28.2 Å². The molecule has 0 saturated heterocycles. The zero-order chi connectivity index (χ0) is 9.80. The van der Waals surface area contributed by atoms with Crippen molar-refractivity contribution in [2.45, 2.75) is 18.9 Å². The second-order valence-corrected chi connectivity index (χ2v) is 4.91. The van der Waals surface area contributed by atoms with Gasteiger partial charge in [0.2, 0.25) is 0 Å². The lowest BCUT2D eigenvalue weighted by molar-refractivity contribution is 0.176. The first-order valence-corrected chi connectivity index (χ1v) is 6.23. The molecule has 0 radical (unpaired) electrons. The zero-order valence-electron chi connectivity index (χ0n) is 7.59. The molecule has 0 amide bonds. The standard InChI is InChI=1S/C10H11NOS2/c12-9(3-8-1-2-13-6-8)4-10-5-11-7-14-10/h1-2,5-7,9,12H,3-4H2. The van der Waals surface area contributed by atoms with E-state index < -0.39 is 0 Å². The molecule has 1 atom stereocenters. The van der Waals surface area contributed by atoms with E-state index in [1.165, 1.54) is 5.56 Å². The molecule has 74 valence electrons. The van der Waals surface area contributed by atoms with Crippen molar-refractivity contribution in [3.05, 3.63) is 39.0 Å². The molecule has 4 heteroatoms. The average molecular weight is 225 g/mol. The first kappa shape index (κ1) is 9.83. The van der Waals surface area contributed by atoms with Gasteiger partial charge >= 0.3 is 0 Å². The summed E-state index contributed by atoms with van der Waals surface area (Å²) < 4.78 is 0. The molecule has 0 fully saturated rings. The van der Waals surface area contributed by atoms with Crippen LogP contribution < -0.4 is 0 Å². The van der Waals surface area contributed by atoms with Crippen LogP contribution in [0.25, 0.3) is 0 Å². The normalized spacial score (nSPS) is 12.9. The first-order chi connectivity index (χ1) is 6.84. The summed E-state index contributed by atoms with van der Waals surface area (Å²) in [5.41, 5.74) is 3.01. The fourth-order valence-corrected chi connectivity index (χ4v) is 2.68. The molecule has 0 saturated carbocycles. The summed E-state index contributed by atoms with van der Waals surface area (Å²) in [5, 5.41) is 13.9. The Labute approximate surface area is 90.9 Å². The second kappa shape index (κ2) is 4.68. The fraction of sp³-hybridized carbons (Fsp3) is 0.300. The van der Waals surface area contributed by atoms with Crippen LogP contribution in [0.5, 0.6) is 0 Å². The highest BCUT2D eigenvalue weighted by molar-refractivity contribution is 7.09. The maximum atomic E-state index is 9.78. The van der Waals surface area contributed by atoms with E-state index in [4.69, 9.17) is 0 Å². The summed E-state index contributed by atoms with van der Waals surface area (Å²) in [6.45, 7) is 0. The quantitative estimate of drug-likeness (QED) is 0.866. The van der Waals surface area contributed by atoms with Gasteiger partial charge in [0.05, 0.1) is 11.6 Å². The van der Waals surface area contributed by atoms with Gasteiger partial charge < -0.3 is 5.11 Å². The highest BCUT2D eigenvalue weighted by atomic mass is 32.1. The molecule has 1 unspecified atom stereocenters. The minimum absolute atomic E-state index is 0.287. The van der Waals surface area contributed by atoms with Gasteiger partial charge in [-0.25, -0.2) is 0 Å². The molecule has 1 N–H and O–H groups in total. The molecule has 14 heavy (non-hydrogen) atoms. The van der Waals surface area contributed by atoms with Crippen molar-refractivity contribution in [2.24, 2.45) is 0 Å². The molecule has 2 nitrogen and oxygen atoms in total. The van der Waals surface area contributed by atoms with Crippen molar-refractivity contribution in [1.82, 2.24) is 4.98 Å². The summed E-state index contributed by atoms with van der Waals surface area (Å²) in [7, 11) is 0. The summed E-state index contributed by atoms with van der Waals surface area (Å²) >= 11 is 3.26. The van der Waals surface area contributed by atoms with Crippen LogP contribution in [0.4, 0.5) is 0 Å². The number of aliphatic hydroxyl groups excluding tert-OH is 1. The average Bonchev–Trinajstić information content (AvgIpc) is 2.76. The largest absolute Gasteiger partial charge is 0.392 e. The molecule has 0 bridgehead atoms. The molecular formula is C10H11NOS2. The maximum Gasteiger partial charge on any atom is 0.0794 e. The number of hydrogen-bond acceptors (Lipinski definition) is 4. The SMILES string of the molecule is OC(Cc1ccsc1)Cc1cncs1. The van der Waals surface area contributed by atoms with Gasteiger partial charge in [-0.1, -0.05) is 0 Å². The Morgan fingerprint density at radius 2 is 2.36 bits per heavy atom. The Kier molecular flexibility index (Phi) is 3.29. The Morgan fingerprint density at radius 1 is 1.43 bits per heavy atom. The van der Waals surface area contributed by atoms with E-state index in [-0.39, 0.29) is 6.10 Å². The lowest BCUT2D eigenvalue weighted by Gasteiger charge is -2.06. The summed E-state index contributed by atoms with van der Waals surface area (Å²) in [6.07, 6.45) is 2.98. The zero-order valence-corrected chi connectivity index (χ0v) is 9.22. The molecule has 0 aromatic carbocycles. The van der Waals surface area contributed by atoms with Crippen LogP contribution in [0.15, 0.2) is 28.5 Å². The predicted octanol–water partition coefficient (Wildman–Crippen LogP) is 2.35. The van der Waals surface area contributed by atoms with Crippen LogP contribution in [-0.2, 0) is 12.8 Å². The molecule has 0 aliphatic heterocycles. The Bertz CT molecular complexity index is 319.